The van der Waals surface area contributed by atoms with Crippen LogP contribution in [-0.2, 0) is 4.79 Å². The van der Waals surface area contributed by atoms with Crippen LogP contribution in [0.3, 0.4) is 0 Å². The normalized spacial score (nSPS) is 17.6. The molecule has 1 aromatic carbocycles. The number of likely N-dealkylation sites (N-methyl/N-ethyl adjacent to an activating group) is 1. The van der Waals surface area contributed by atoms with Crippen LogP contribution >= 0.6 is 15.9 Å². The Morgan fingerprint density at radius 2 is 1.95 bits per heavy atom. The molecule has 1 atom stereocenters. The van der Waals surface area contributed by atoms with E-state index in [-0.39, 0.29) is 22.9 Å². The van der Waals surface area contributed by atoms with Crippen molar-refractivity contribution in [2.24, 2.45) is 0 Å². The molecule has 0 bridgehead atoms. The average molecular weight is 355 g/mol. The van der Waals surface area contributed by atoms with Gasteiger partial charge in [0.05, 0.1) is 5.56 Å². The van der Waals surface area contributed by atoms with Crippen molar-refractivity contribution in [2.45, 2.75) is 18.9 Å². The van der Waals surface area contributed by atoms with Crippen LogP contribution in [0.5, 0.6) is 0 Å². The van der Waals surface area contributed by atoms with E-state index >= 15 is 0 Å². The summed E-state index contributed by atoms with van der Waals surface area (Å²) in [4.78, 5) is 36.9. The monoisotopic (exact) mass is 354 g/mol. The van der Waals surface area contributed by atoms with Gasteiger partial charge < -0.3 is 15.3 Å². The van der Waals surface area contributed by atoms with E-state index in [2.05, 4.69) is 21.2 Å². The van der Waals surface area contributed by atoms with Gasteiger partial charge in [0.2, 0.25) is 5.91 Å². The lowest BCUT2D eigenvalue weighted by Gasteiger charge is -2.23. The number of aromatic carboxylic acids is 1. The van der Waals surface area contributed by atoms with E-state index in [1.807, 2.05) is 0 Å². The number of hydrogen-bond donors (Lipinski definition) is 2. The van der Waals surface area contributed by atoms with E-state index in [9.17, 15) is 14.4 Å². The second kappa shape index (κ2) is 6.26. The van der Waals surface area contributed by atoms with Gasteiger partial charge in [-0.2, -0.15) is 0 Å². The number of carbonyl (C=O) groups is 3. The van der Waals surface area contributed by atoms with E-state index in [1.165, 1.54) is 24.1 Å². The number of hydrogen-bond acceptors (Lipinski definition) is 3. The number of carbonyl (C=O) groups excluding carboxylic acids is 2. The highest BCUT2D eigenvalue weighted by atomic mass is 79.9. The standard InChI is InChI=1S/C14H15BrN2O4/c1-16-12(18)11-3-2-4-17(11)13(19)8-5-9(14(20)21)7-10(15)6-8/h5-7,11H,2-4H2,1H3,(H,16,18)(H,20,21). The number of rotatable bonds is 3. The van der Waals surface area contributed by atoms with Crippen LogP contribution in [-0.4, -0.2) is 47.4 Å². The molecule has 1 saturated heterocycles. The topological polar surface area (TPSA) is 86.7 Å². The van der Waals surface area contributed by atoms with Crippen LogP contribution in [0.15, 0.2) is 22.7 Å². The zero-order valence-corrected chi connectivity index (χ0v) is 13.0. The molecule has 1 aliphatic heterocycles. The minimum absolute atomic E-state index is 0.0309. The van der Waals surface area contributed by atoms with Gasteiger partial charge in [0.25, 0.3) is 5.91 Å². The van der Waals surface area contributed by atoms with Gasteiger partial charge >= 0.3 is 5.97 Å². The van der Waals surface area contributed by atoms with Crippen molar-refractivity contribution in [2.75, 3.05) is 13.6 Å². The molecule has 6 nitrogen and oxygen atoms in total. The van der Waals surface area contributed by atoms with Gasteiger partial charge in [-0.05, 0) is 31.0 Å². The molecular weight excluding hydrogens is 340 g/mol. The van der Waals surface area contributed by atoms with Crippen molar-refractivity contribution in [1.29, 1.82) is 0 Å². The first kappa shape index (κ1) is 15.5. The van der Waals surface area contributed by atoms with Crippen LogP contribution < -0.4 is 5.32 Å². The average Bonchev–Trinajstić information content (AvgIpc) is 2.94. The molecule has 2 N–H and O–H groups in total. The van der Waals surface area contributed by atoms with Crippen molar-refractivity contribution in [3.8, 4) is 0 Å². The second-order valence-electron chi connectivity index (χ2n) is 4.80. The van der Waals surface area contributed by atoms with Crippen molar-refractivity contribution in [1.82, 2.24) is 10.2 Å². The van der Waals surface area contributed by atoms with Crippen LogP contribution in [0.1, 0.15) is 33.6 Å². The molecule has 7 heteroatoms. The summed E-state index contributed by atoms with van der Waals surface area (Å²) in [6.45, 7) is 0.492. The first-order valence-corrected chi connectivity index (χ1v) is 7.29. The summed E-state index contributed by atoms with van der Waals surface area (Å²) in [5, 5.41) is 11.6. The summed E-state index contributed by atoms with van der Waals surface area (Å²) < 4.78 is 0.515. The molecule has 0 aliphatic carbocycles. The zero-order chi connectivity index (χ0) is 15.6. The summed E-state index contributed by atoms with van der Waals surface area (Å²) in [6.07, 6.45) is 1.37. The molecule has 0 spiro atoms. The lowest BCUT2D eigenvalue weighted by atomic mass is 10.1. The van der Waals surface area contributed by atoms with Crippen LogP contribution in [0, 0.1) is 0 Å². The molecule has 21 heavy (non-hydrogen) atoms. The van der Waals surface area contributed by atoms with E-state index in [1.54, 1.807) is 6.07 Å². The highest BCUT2D eigenvalue weighted by molar-refractivity contribution is 9.10. The van der Waals surface area contributed by atoms with Crippen molar-refractivity contribution >= 4 is 33.7 Å². The number of amides is 2. The Morgan fingerprint density at radius 3 is 2.57 bits per heavy atom. The number of carboxylic acids is 1. The number of halogens is 1. The molecule has 112 valence electrons. The predicted octanol–water partition coefficient (Wildman–Crippen LogP) is 1.50. The van der Waals surface area contributed by atoms with Crippen molar-refractivity contribution < 1.29 is 19.5 Å². The van der Waals surface area contributed by atoms with Crippen molar-refractivity contribution in [3.05, 3.63) is 33.8 Å². The third-order valence-corrected chi connectivity index (χ3v) is 3.91. The fourth-order valence-corrected chi connectivity index (χ4v) is 2.94. The fraction of sp³-hybridized carbons (Fsp3) is 0.357. The summed E-state index contributed by atoms with van der Waals surface area (Å²) in [7, 11) is 1.53. The summed E-state index contributed by atoms with van der Waals surface area (Å²) in [5.74, 6) is -1.63. The molecular formula is C14H15BrN2O4. The summed E-state index contributed by atoms with van der Waals surface area (Å²) >= 11 is 3.20. The Hall–Kier alpha value is -1.89. The fourth-order valence-electron chi connectivity index (χ4n) is 2.45. The Labute approximate surface area is 130 Å². The van der Waals surface area contributed by atoms with Gasteiger partial charge in [0.15, 0.2) is 0 Å². The van der Waals surface area contributed by atoms with E-state index in [0.717, 1.165) is 6.42 Å². The molecule has 1 aliphatic rings. The Balaban J connectivity index is 2.31. The number of nitrogens with zero attached hydrogens (tertiary/aromatic N) is 1. The summed E-state index contributed by atoms with van der Waals surface area (Å²) in [6, 6.07) is 3.83. The maximum Gasteiger partial charge on any atom is 0.335 e. The van der Waals surface area contributed by atoms with E-state index in [4.69, 9.17) is 5.11 Å². The minimum Gasteiger partial charge on any atom is -0.478 e. The molecule has 1 aromatic rings. The van der Waals surface area contributed by atoms with Gasteiger partial charge in [0, 0.05) is 23.6 Å². The zero-order valence-electron chi connectivity index (χ0n) is 11.4. The molecule has 1 unspecified atom stereocenters. The van der Waals surface area contributed by atoms with Crippen LogP contribution in [0.25, 0.3) is 0 Å². The number of carboxylic acid groups (broad SMARTS) is 1. The van der Waals surface area contributed by atoms with Gasteiger partial charge in [-0.15, -0.1) is 0 Å². The first-order valence-electron chi connectivity index (χ1n) is 6.50. The van der Waals surface area contributed by atoms with Gasteiger partial charge in [-0.1, -0.05) is 15.9 Å². The molecule has 0 saturated carbocycles. The summed E-state index contributed by atoms with van der Waals surface area (Å²) in [5.41, 5.74) is 0.293. The van der Waals surface area contributed by atoms with Gasteiger partial charge in [-0.3, -0.25) is 9.59 Å². The molecule has 2 rings (SSSR count). The molecule has 0 aromatic heterocycles. The lowest BCUT2D eigenvalue weighted by Crippen LogP contribution is -2.44. The largest absolute Gasteiger partial charge is 0.478 e. The van der Waals surface area contributed by atoms with Gasteiger partial charge in [0.1, 0.15) is 6.04 Å². The maximum absolute atomic E-state index is 12.5. The third-order valence-electron chi connectivity index (χ3n) is 3.45. The van der Waals surface area contributed by atoms with Crippen molar-refractivity contribution in [3.63, 3.8) is 0 Å². The lowest BCUT2D eigenvalue weighted by molar-refractivity contribution is -0.124. The van der Waals surface area contributed by atoms with E-state index < -0.39 is 12.0 Å². The highest BCUT2D eigenvalue weighted by Crippen LogP contribution is 2.23. The maximum atomic E-state index is 12.5. The number of nitrogens with one attached hydrogen (secondary N) is 1. The smallest absolute Gasteiger partial charge is 0.335 e. The quantitative estimate of drug-likeness (QED) is 0.860. The van der Waals surface area contributed by atoms with Crippen LogP contribution in [0.2, 0.25) is 0 Å². The Kier molecular flexibility index (Phi) is 4.62. The van der Waals surface area contributed by atoms with Gasteiger partial charge in [-0.25, -0.2) is 4.79 Å². The minimum atomic E-state index is -1.10. The van der Waals surface area contributed by atoms with E-state index in [0.29, 0.717) is 17.4 Å². The predicted molar refractivity (Wildman–Crippen MR) is 79.2 cm³/mol. The number of benzene rings is 1. The molecule has 1 heterocycles. The SMILES string of the molecule is CNC(=O)C1CCCN1C(=O)c1cc(Br)cc(C(=O)O)c1. The Morgan fingerprint density at radius 1 is 1.29 bits per heavy atom. The Bertz CT molecular complexity index is 603. The number of likely N-dealkylation sites (tertiary alicyclic amines) is 1. The third kappa shape index (κ3) is 3.24. The molecule has 1 fully saturated rings. The van der Waals surface area contributed by atoms with Crippen LogP contribution in [0.4, 0.5) is 0 Å². The molecule has 2 amide bonds. The molecule has 0 radical (unpaired) electrons. The second-order valence-corrected chi connectivity index (χ2v) is 5.72. The highest BCUT2D eigenvalue weighted by Gasteiger charge is 2.34. The first-order chi connectivity index (χ1) is 9.93.